The van der Waals surface area contributed by atoms with Crippen LogP contribution in [-0.2, 0) is 4.79 Å². The number of rotatable bonds is 4. The van der Waals surface area contributed by atoms with E-state index in [-0.39, 0.29) is 24.1 Å². The van der Waals surface area contributed by atoms with Gasteiger partial charge in [-0.15, -0.1) is 0 Å². The number of para-hydroxylation sites is 1. The molecule has 7 heteroatoms. The first-order valence-corrected chi connectivity index (χ1v) is 7.89. The van der Waals surface area contributed by atoms with Crippen LogP contribution in [0.3, 0.4) is 0 Å². The van der Waals surface area contributed by atoms with Crippen molar-refractivity contribution in [1.82, 2.24) is 20.5 Å². The Morgan fingerprint density at radius 2 is 2.04 bits per heavy atom. The van der Waals surface area contributed by atoms with Crippen molar-refractivity contribution >= 4 is 22.7 Å². The van der Waals surface area contributed by atoms with E-state index >= 15 is 0 Å². The molecule has 2 heterocycles. The zero-order chi connectivity index (χ0) is 16.9. The molecular weight excluding hydrogens is 308 g/mol. The summed E-state index contributed by atoms with van der Waals surface area (Å²) in [5.41, 5.74) is 0.911. The van der Waals surface area contributed by atoms with E-state index in [0.717, 1.165) is 18.5 Å². The van der Waals surface area contributed by atoms with Gasteiger partial charge < -0.3 is 20.3 Å². The summed E-state index contributed by atoms with van der Waals surface area (Å²) in [6.07, 6.45) is 0. The van der Waals surface area contributed by atoms with Crippen LogP contribution in [0.4, 0.5) is 0 Å². The van der Waals surface area contributed by atoms with E-state index in [4.69, 9.17) is 4.74 Å². The van der Waals surface area contributed by atoms with E-state index in [0.29, 0.717) is 24.4 Å². The fourth-order valence-electron chi connectivity index (χ4n) is 2.70. The van der Waals surface area contributed by atoms with Crippen molar-refractivity contribution in [3.63, 3.8) is 0 Å². The second-order valence-electron chi connectivity index (χ2n) is 5.54. The molecule has 126 valence electrons. The third-order valence-corrected chi connectivity index (χ3v) is 4.00. The highest BCUT2D eigenvalue weighted by atomic mass is 16.5. The van der Waals surface area contributed by atoms with E-state index in [1.165, 1.54) is 0 Å². The summed E-state index contributed by atoms with van der Waals surface area (Å²) in [6.45, 7) is 2.86. The predicted molar refractivity (Wildman–Crippen MR) is 90.1 cm³/mol. The summed E-state index contributed by atoms with van der Waals surface area (Å²) in [4.78, 5) is 30.5. The fraction of sp³-hybridized carbons (Fsp3) is 0.353. The number of nitrogens with zero attached hydrogens (tertiary/aromatic N) is 2. The van der Waals surface area contributed by atoms with Crippen molar-refractivity contribution in [2.24, 2.45) is 0 Å². The lowest BCUT2D eigenvalue weighted by Crippen LogP contribution is -2.49. The number of methoxy groups -OCH3 is 1. The number of hydrogen-bond donors (Lipinski definition) is 2. The van der Waals surface area contributed by atoms with Crippen molar-refractivity contribution in [1.29, 1.82) is 0 Å². The third-order valence-electron chi connectivity index (χ3n) is 4.00. The summed E-state index contributed by atoms with van der Waals surface area (Å²) in [7, 11) is 1.55. The Morgan fingerprint density at radius 3 is 2.79 bits per heavy atom. The number of fused-ring (bicyclic) bond motifs is 1. The molecule has 1 fully saturated rings. The van der Waals surface area contributed by atoms with Gasteiger partial charge in [0.2, 0.25) is 5.91 Å². The summed E-state index contributed by atoms with van der Waals surface area (Å²) in [5, 5.41) is 6.67. The lowest BCUT2D eigenvalue weighted by Gasteiger charge is -2.27. The fourth-order valence-corrected chi connectivity index (χ4v) is 2.70. The first-order valence-electron chi connectivity index (χ1n) is 7.89. The van der Waals surface area contributed by atoms with Gasteiger partial charge in [0.25, 0.3) is 5.91 Å². The number of ether oxygens (including phenoxy) is 1. The standard InChI is InChI=1S/C17H20N4O3/c1-24-15-10-14(20-13-5-3-2-4-12(13)15)17(23)19-11-16(22)21-8-6-18-7-9-21/h2-5,10,18H,6-9,11H2,1H3,(H,19,23). The van der Waals surface area contributed by atoms with E-state index in [1.54, 1.807) is 18.1 Å². The molecule has 0 radical (unpaired) electrons. The van der Waals surface area contributed by atoms with Crippen molar-refractivity contribution < 1.29 is 14.3 Å². The summed E-state index contributed by atoms with van der Waals surface area (Å²) < 4.78 is 5.34. The van der Waals surface area contributed by atoms with Crippen molar-refractivity contribution in [2.45, 2.75) is 0 Å². The van der Waals surface area contributed by atoms with Crippen LogP contribution in [0.15, 0.2) is 30.3 Å². The van der Waals surface area contributed by atoms with Crippen LogP contribution in [-0.4, -0.2) is 61.5 Å². The molecule has 0 saturated carbocycles. The van der Waals surface area contributed by atoms with Crippen LogP contribution >= 0.6 is 0 Å². The number of pyridine rings is 1. The minimum atomic E-state index is -0.387. The highest BCUT2D eigenvalue weighted by Gasteiger charge is 2.18. The maximum Gasteiger partial charge on any atom is 0.270 e. The predicted octanol–water partition coefficient (Wildman–Crippen LogP) is 0.405. The number of nitrogens with one attached hydrogen (secondary N) is 2. The number of aromatic nitrogens is 1. The normalized spacial score (nSPS) is 14.5. The molecule has 1 aromatic carbocycles. The van der Waals surface area contributed by atoms with Gasteiger partial charge in [-0.05, 0) is 12.1 Å². The van der Waals surface area contributed by atoms with Crippen molar-refractivity contribution in [3.8, 4) is 5.75 Å². The van der Waals surface area contributed by atoms with E-state index in [1.807, 2.05) is 24.3 Å². The molecule has 2 N–H and O–H groups in total. The highest BCUT2D eigenvalue weighted by Crippen LogP contribution is 2.24. The van der Waals surface area contributed by atoms with Gasteiger partial charge in [0.1, 0.15) is 11.4 Å². The molecule has 2 amide bonds. The van der Waals surface area contributed by atoms with Crippen LogP contribution < -0.4 is 15.4 Å². The molecule has 0 unspecified atom stereocenters. The molecule has 1 aliphatic rings. The van der Waals surface area contributed by atoms with E-state index in [2.05, 4.69) is 15.6 Å². The van der Waals surface area contributed by atoms with Gasteiger partial charge in [0.05, 0.1) is 19.2 Å². The molecule has 1 aromatic heterocycles. The number of piperazine rings is 1. The van der Waals surface area contributed by atoms with Gasteiger partial charge in [-0.3, -0.25) is 9.59 Å². The molecule has 1 saturated heterocycles. The lowest BCUT2D eigenvalue weighted by atomic mass is 10.1. The average molecular weight is 328 g/mol. The van der Waals surface area contributed by atoms with Crippen molar-refractivity contribution in [2.75, 3.05) is 39.8 Å². The van der Waals surface area contributed by atoms with Crippen LogP contribution in [0, 0.1) is 0 Å². The SMILES string of the molecule is COc1cc(C(=O)NCC(=O)N2CCNCC2)nc2ccccc12. The first kappa shape index (κ1) is 16.2. The van der Waals surface area contributed by atoms with Crippen LogP contribution in [0.25, 0.3) is 10.9 Å². The van der Waals surface area contributed by atoms with Crippen LogP contribution in [0.2, 0.25) is 0 Å². The number of carbonyl (C=O) groups is 2. The molecule has 0 atom stereocenters. The Morgan fingerprint density at radius 1 is 1.29 bits per heavy atom. The van der Waals surface area contributed by atoms with E-state index < -0.39 is 0 Å². The second-order valence-corrected chi connectivity index (χ2v) is 5.54. The molecule has 7 nitrogen and oxygen atoms in total. The number of benzene rings is 1. The second kappa shape index (κ2) is 7.27. The number of hydrogen-bond acceptors (Lipinski definition) is 5. The topological polar surface area (TPSA) is 83.6 Å². The summed E-state index contributed by atoms with van der Waals surface area (Å²) >= 11 is 0. The maximum atomic E-state index is 12.3. The Bertz CT molecular complexity index is 757. The molecular formula is C17H20N4O3. The lowest BCUT2D eigenvalue weighted by molar-refractivity contribution is -0.130. The molecule has 3 rings (SSSR count). The average Bonchev–Trinajstić information content (AvgIpc) is 2.65. The Labute approximate surface area is 140 Å². The van der Waals surface area contributed by atoms with Gasteiger partial charge >= 0.3 is 0 Å². The zero-order valence-electron chi connectivity index (χ0n) is 13.5. The van der Waals surface area contributed by atoms with Gasteiger partial charge in [0, 0.05) is 37.6 Å². The number of amides is 2. The van der Waals surface area contributed by atoms with Crippen LogP contribution in [0.1, 0.15) is 10.5 Å². The largest absolute Gasteiger partial charge is 0.496 e. The minimum absolute atomic E-state index is 0.0321. The molecule has 2 aromatic rings. The zero-order valence-corrected chi connectivity index (χ0v) is 13.5. The molecule has 0 spiro atoms. The summed E-state index contributed by atoms with van der Waals surface area (Å²) in [6, 6.07) is 9.03. The minimum Gasteiger partial charge on any atom is -0.496 e. The maximum absolute atomic E-state index is 12.3. The van der Waals surface area contributed by atoms with Crippen LogP contribution in [0.5, 0.6) is 5.75 Å². The molecule has 24 heavy (non-hydrogen) atoms. The summed E-state index contributed by atoms with van der Waals surface area (Å²) in [5.74, 6) is 0.110. The molecule has 0 bridgehead atoms. The monoisotopic (exact) mass is 328 g/mol. The quantitative estimate of drug-likeness (QED) is 0.849. The Hall–Kier alpha value is -2.67. The van der Waals surface area contributed by atoms with Gasteiger partial charge in [-0.25, -0.2) is 4.98 Å². The number of carbonyl (C=O) groups excluding carboxylic acids is 2. The Kier molecular flexibility index (Phi) is 4.90. The molecule has 0 aliphatic carbocycles. The Balaban J connectivity index is 1.70. The van der Waals surface area contributed by atoms with Gasteiger partial charge in [-0.1, -0.05) is 12.1 Å². The highest BCUT2D eigenvalue weighted by molar-refractivity contribution is 5.98. The first-order chi connectivity index (χ1) is 11.7. The van der Waals surface area contributed by atoms with Crippen molar-refractivity contribution in [3.05, 3.63) is 36.0 Å². The molecule has 1 aliphatic heterocycles. The smallest absolute Gasteiger partial charge is 0.270 e. The van der Waals surface area contributed by atoms with Gasteiger partial charge in [-0.2, -0.15) is 0 Å². The van der Waals surface area contributed by atoms with Gasteiger partial charge in [0.15, 0.2) is 0 Å². The van der Waals surface area contributed by atoms with E-state index in [9.17, 15) is 9.59 Å². The third kappa shape index (κ3) is 3.46.